The lowest BCUT2D eigenvalue weighted by Crippen LogP contribution is -2.16. The number of amides is 1. The third kappa shape index (κ3) is 3.93. The van der Waals surface area contributed by atoms with Crippen molar-refractivity contribution in [3.8, 4) is 0 Å². The van der Waals surface area contributed by atoms with Crippen LogP contribution in [0.1, 0.15) is 18.2 Å². The van der Waals surface area contributed by atoms with Crippen molar-refractivity contribution in [1.82, 2.24) is 14.9 Å². The first-order chi connectivity index (χ1) is 11.8. The maximum Gasteiger partial charge on any atom is 0.435 e. The number of benzene rings is 1. The number of carbonyl (C=O) groups is 1. The summed E-state index contributed by atoms with van der Waals surface area (Å²) < 4.78 is 37.4. The van der Waals surface area contributed by atoms with Gasteiger partial charge in [-0.15, -0.1) is 9.94 Å². The molecule has 0 bridgehead atoms. The predicted octanol–water partition coefficient (Wildman–Crippen LogP) is 3.01. The molecule has 0 aliphatic rings. The minimum absolute atomic E-state index is 0.157. The fourth-order valence-electron chi connectivity index (χ4n) is 2.40. The van der Waals surface area contributed by atoms with Crippen molar-refractivity contribution < 1.29 is 22.8 Å². The summed E-state index contributed by atoms with van der Waals surface area (Å²) in [6.07, 6.45) is -1.20. The molecule has 0 saturated carbocycles. The number of H-pyrrole nitrogens is 1. The van der Waals surface area contributed by atoms with Crippen molar-refractivity contribution in [2.24, 2.45) is 0 Å². The van der Waals surface area contributed by atoms with E-state index in [0.29, 0.717) is 12.1 Å². The summed E-state index contributed by atoms with van der Waals surface area (Å²) in [7, 11) is 0. The van der Waals surface area contributed by atoms with Gasteiger partial charge in [-0.1, -0.05) is 6.07 Å². The van der Waals surface area contributed by atoms with Crippen molar-refractivity contribution >= 4 is 22.5 Å². The standard InChI is InChI=1S/C16H15F3N4O2/c1-10(24)21-14-9-20-13-3-2-11(8-12(13)14)5-7-25-23-6-4-15(22-23)16(17,18)19/h2-4,6,8-9,20H,5,7H2,1H3,(H,21,24). The zero-order valence-electron chi connectivity index (χ0n) is 13.2. The Hall–Kier alpha value is -2.97. The second-order valence-electron chi connectivity index (χ2n) is 5.45. The SMILES string of the molecule is CC(=O)Nc1c[nH]c2ccc(CCOn3ccc(C(F)(F)F)n3)cc12. The smallest absolute Gasteiger partial charge is 0.396 e. The molecule has 3 aromatic rings. The Kier molecular flexibility index (Phi) is 4.39. The van der Waals surface area contributed by atoms with Crippen molar-refractivity contribution in [3.63, 3.8) is 0 Å². The normalized spacial score (nSPS) is 11.7. The molecule has 25 heavy (non-hydrogen) atoms. The zero-order valence-corrected chi connectivity index (χ0v) is 13.2. The van der Waals surface area contributed by atoms with Crippen LogP contribution >= 0.6 is 0 Å². The molecular formula is C16H15F3N4O2. The summed E-state index contributed by atoms with van der Waals surface area (Å²) >= 11 is 0. The van der Waals surface area contributed by atoms with Crippen molar-refractivity contribution in [2.45, 2.75) is 19.5 Å². The van der Waals surface area contributed by atoms with E-state index >= 15 is 0 Å². The van der Waals surface area contributed by atoms with Crippen LogP contribution in [-0.4, -0.2) is 27.4 Å². The number of hydrogen-bond acceptors (Lipinski definition) is 3. The molecule has 132 valence electrons. The minimum atomic E-state index is -4.49. The second-order valence-corrected chi connectivity index (χ2v) is 5.45. The van der Waals surface area contributed by atoms with Crippen LogP contribution in [-0.2, 0) is 17.4 Å². The van der Waals surface area contributed by atoms with Gasteiger partial charge in [0, 0.05) is 30.4 Å². The molecular weight excluding hydrogens is 337 g/mol. The lowest BCUT2D eigenvalue weighted by atomic mass is 10.1. The summed E-state index contributed by atoms with van der Waals surface area (Å²) in [5, 5.41) is 6.90. The molecule has 0 atom stereocenters. The Labute approximate surface area is 140 Å². The third-order valence-electron chi connectivity index (χ3n) is 3.53. The van der Waals surface area contributed by atoms with Gasteiger partial charge in [0.2, 0.25) is 5.91 Å². The van der Waals surface area contributed by atoms with Gasteiger partial charge in [0.15, 0.2) is 5.69 Å². The van der Waals surface area contributed by atoms with Gasteiger partial charge in [-0.25, -0.2) is 0 Å². The number of hydrogen-bond donors (Lipinski definition) is 2. The molecule has 0 aliphatic carbocycles. The molecule has 0 saturated heterocycles. The van der Waals surface area contributed by atoms with E-state index in [1.807, 2.05) is 18.2 Å². The molecule has 0 spiro atoms. The van der Waals surface area contributed by atoms with Gasteiger partial charge in [0.05, 0.1) is 11.9 Å². The van der Waals surface area contributed by atoms with Gasteiger partial charge in [0.1, 0.15) is 6.61 Å². The molecule has 1 amide bonds. The Morgan fingerprint density at radius 1 is 1.36 bits per heavy atom. The number of aromatic amines is 1. The van der Waals surface area contributed by atoms with Crippen molar-refractivity contribution in [1.29, 1.82) is 0 Å². The maximum atomic E-state index is 12.5. The third-order valence-corrected chi connectivity index (χ3v) is 3.53. The molecule has 0 aliphatic heterocycles. The number of nitrogens with zero attached hydrogens (tertiary/aromatic N) is 2. The zero-order chi connectivity index (χ0) is 18.0. The van der Waals surface area contributed by atoms with Crippen molar-refractivity contribution in [3.05, 3.63) is 47.9 Å². The molecule has 3 rings (SSSR count). The predicted molar refractivity (Wildman–Crippen MR) is 85.0 cm³/mol. The fourth-order valence-corrected chi connectivity index (χ4v) is 2.40. The molecule has 6 nitrogen and oxygen atoms in total. The Balaban J connectivity index is 1.65. The highest BCUT2D eigenvalue weighted by atomic mass is 19.4. The van der Waals surface area contributed by atoms with E-state index in [0.717, 1.165) is 33.6 Å². The molecule has 1 aromatic carbocycles. The van der Waals surface area contributed by atoms with Crippen LogP contribution in [0.25, 0.3) is 10.9 Å². The number of nitrogens with one attached hydrogen (secondary N) is 2. The molecule has 0 radical (unpaired) electrons. The van der Waals surface area contributed by atoms with Gasteiger partial charge in [0.25, 0.3) is 0 Å². The van der Waals surface area contributed by atoms with Gasteiger partial charge in [-0.05, 0) is 23.8 Å². The summed E-state index contributed by atoms with van der Waals surface area (Å²) in [6.45, 7) is 1.58. The molecule has 2 aromatic heterocycles. The van der Waals surface area contributed by atoms with E-state index in [9.17, 15) is 18.0 Å². The number of fused-ring (bicyclic) bond motifs is 1. The van der Waals surface area contributed by atoms with Crippen LogP contribution in [0.15, 0.2) is 36.7 Å². The topological polar surface area (TPSA) is 71.9 Å². The number of aromatic nitrogens is 3. The number of rotatable bonds is 5. The van der Waals surface area contributed by atoms with E-state index in [1.165, 1.54) is 6.92 Å². The monoisotopic (exact) mass is 352 g/mol. The van der Waals surface area contributed by atoms with Crippen LogP contribution < -0.4 is 10.2 Å². The quantitative estimate of drug-likeness (QED) is 0.741. The van der Waals surface area contributed by atoms with Crippen LogP contribution in [0.2, 0.25) is 0 Å². The van der Waals surface area contributed by atoms with E-state index in [2.05, 4.69) is 15.4 Å². The number of alkyl halides is 3. The number of carbonyl (C=O) groups excluding carboxylic acids is 1. The first-order valence-corrected chi connectivity index (χ1v) is 7.47. The molecule has 0 fully saturated rings. The Morgan fingerprint density at radius 3 is 2.84 bits per heavy atom. The average molecular weight is 352 g/mol. The highest BCUT2D eigenvalue weighted by molar-refractivity contribution is 6.01. The maximum absolute atomic E-state index is 12.5. The van der Waals surface area contributed by atoms with E-state index in [-0.39, 0.29) is 12.5 Å². The fraction of sp³-hybridized carbons (Fsp3) is 0.250. The molecule has 0 unspecified atom stereocenters. The van der Waals surface area contributed by atoms with E-state index in [1.54, 1.807) is 6.20 Å². The number of anilines is 1. The van der Waals surface area contributed by atoms with Gasteiger partial charge >= 0.3 is 6.18 Å². The first kappa shape index (κ1) is 16.9. The molecule has 2 heterocycles. The highest BCUT2D eigenvalue weighted by Crippen LogP contribution is 2.27. The van der Waals surface area contributed by atoms with Gasteiger partial charge in [-0.2, -0.15) is 13.2 Å². The number of halogens is 3. The average Bonchev–Trinajstić information content (AvgIpc) is 3.14. The van der Waals surface area contributed by atoms with Crippen molar-refractivity contribution in [2.75, 3.05) is 11.9 Å². The summed E-state index contributed by atoms with van der Waals surface area (Å²) in [4.78, 5) is 20.3. The second kappa shape index (κ2) is 6.50. The molecule has 9 heteroatoms. The Bertz CT molecular complexity index is 898. The largest absolute Gasteiger partial charge is 0.435 e. The lowest BCUT2D eigenvalue weighted by Gasteiger charge is -2.06. The summed E-state index contributed by atoms with van der Waals surface area (Å²) in [5.41, 5.74) is 1.46. The first-order valence-electron chi connectivity index (χ1n) is 7.47. The molecule has 2 N–H and O–H groups in total. The van der Waals surface area contributed by atoms with Gasteiger partial charge in [-0.3, -0.25) is 4.79 Å². The Morgan fingerprint density at radius 2 is 2.16 bits per heavy atom. The summed E-state index contributed by atoms with van der Waals surface area (Å²) in [6, 6.07) is 6.49. The summed E-state index contributed by atoms with van der Waals surface area (Å²) in [5.74, 6) is -0.172. The minimum Gasteiger partial charge on any atom is -0.396 e. The van der Waals surface area contributed by atoms with E-state index in [4.69, 9.17) is 4.84 Å². The van der Waals surface area contributed by atoms with Crippen LogP contribution in [0, 0.1) is 0 Å². The van der Waals surface area contributed by atoms with Gasteiger partial charge < -0.3 is 15.1 Å². The highest BCUT2D eigenvalue weighted by Gasteiger charge is 2.33. The van der Waals surface area contributed by atoms with Crippen LogP contribution in [0.5, 0.6) is 0 Å². The lowest BCUT2D eigenvalue weighted by molar-refractivity contribution is -0.142. The van der Waals surface area contributed by atoms with Crippen LogP contribution in [0.3, 0.4) is 0 Å². The van der Waals surface area contributed by atoms with Crippen LogP contribution in [0.4, 0.5) is 18.9 Å². The van der Waals surface area contributed by atoms with E-state index < -0.39 is 11.9 Å².